The number of rotatable bonds is 6. The van der Waals surface area contributed by atoms with Crippen LogP contribution in [-0.4, -0.2) is 25.5 Å². The zero-order valence-electron chi connectivity index (χ0n) is 10.1. The van der Waals surface area contributed by atoms with Crippen molar-refractivity contribution in [3.8, 4) is 0 Å². The summed E-state index contributed by atoms with van der Waals surface area (Å²) in [5.74, 6) is -2.41. The van der Waals surface area contributed by atoms with E-state index in [0.29, 0.717) is 13.1 Å². The topological polar surface area (TPSA) is 41.1 Å². The lowest BCUT2D eigenvalue weighted by atomic mass is 10.2. The zero-order chi connectivity index (χ0) is 12.7. The fourth-order valence-corrected chi connectivity index (χ4v) is 1.37. The first-order valence-electron chi connectivity index (χ1n) is 5.59. The Balaban J connectivity index is 0.00000289. The molecule has 1 amide bonds. The fraction of sp³-hybridized carbons (Fsp3) is 0.417. The van der Waals surface area contributed by atoms with Crippen LogP contribution in [0.15, 0.2) is 18.2 Å². The van der Waals surface area contributed by atoms with Gasteiger partial charge in [0.1, 0.15) is 17.2 Å². The van der Waals surface area contributed by atoms with Gasteiger partial charge in [-0.1, -0.05) is 13.0 Å². The summed E-state index contributed by atoms with van der Waals surface area (Å²) in [4.78, 5) is 11.5. The molecule has 0 unspecified atom stereocenters. The summed E-state index contributed by atoms with van der Waals surface area (Å²) in [5.41, 5.74) is -0.525. The number of nitrogens with one attached hydrogen (secondary N) is 2. The van der Waals surface area contributed by atoms with Gasteiger partial charge in [0.25, 0.3) is 5.91 Å². The van der Waals surface area contributed by atoms with E-state index in [-0.39, 0.29) is 12.4 Å². The van der Waals surface area contributed by atoms with Crippen LogP contribution in [0.25, 0.3) is 0 Å². The number of hydrogen-bond donors (Lipinski definition) is 2. The third kappa shape index (κ3) is 4.98. The lowest BCUT2D eigenvalue weighted by Crippen LogP contribution is -2.33. The molecular formula is C12H17ClF2N2O. The molecular weight excluding hydrogens is 262 g/mol. The van der Waals surface area contributed by atoms with Gasteiger partial charge < -0.3 is 10.6 Å². The number of carbonyl (C=O) groups is 1. The minimum atomic E-state index is -0.844. The molecule has 102 valence electrons. The Kier molecular flexibility index (Phi) is 8.24. The van der Waals surface area contributed by atoms with Gasteiger partial charge in [0.15, 0.2) is 0 Å². The molecule has 0 bridgehead atoms. The molecule has 6 heteroatoms. The van der Waals surface area contributed by atoms with Crippen molar-refractivity contribution in [2.24, 2.45) is 0 Å². The Hall–Kier alpha value is -1.20. The predicted molar refractivity (Wildman–Crippen MR) is 69.1 cm³/mol. The van der Waals surface area contributed by atoms with Gasteiger partial charge >= 0.3 is 0 Å². The fourth-order valence-electron chi connectivity index (χ4n) is 1.37. The number of carbonyl (C=O) groups excluding carboxylic acids is 1. The number of amides is 1. The van der Waals surface area contributed by atoms with E-state index in [0.717, 1.165) is 25.1 Å². The summed E-state index contributed by atoms with van der Waals surface area (Å²) >= 11 is 0. The lowest BCUT2D eigenvalue weighted by Gasteiger charge is -2.07. The standard InChI is InChI=1S/C12H16F2N2O.ClH/c1-2-6-15-7-8-16-12(17)11-9(13)4-3-5-10(11)14;/h3-5,15H,2,6-8H2,1H3,(H,16,17);1H. The van der Waals surface area contributed by atoms with E-state index < -0.39 is 23.1 Å². The summed E-state index contributed by atoms with van der Waals surface area (Å²) in [5, 5.41) is 5.53. The first kappa shape index (κ1) is 16.8. The molecule has 0 aliphatic heterocycles. The Labute approximate surface area is 111 Å². The molecule has 3 nitrogen and oxygen atoms in total. The van der Waals surface area contributed by atoms with Gasteiger partial charge in [-0.2, -0.15) is 0 Å². The molecule has 1 aromatic carbocycles. The third-order valence-corrected chi connectivity index (χ3v) is 2.20. The van der Waals surface area contributed by atoms with E-state index in [1.165, 1.54) is 6.07 Å². The first-order valence-corrected chi connectivity index (χ1v) is 5.59. The van der Waals surface area contributed by atoms with Crippen LogP contribution in [0.3, 0.4) is 0 Å². The maximum absolute atomic E-state index is 13.2. The minimum Gasteiger partial charge on any atom is -0.351 e. The Morgan fingerprint density at radius 3 is 2.33 bits per heavy atom. The van der Waals surface area contributed by atoms with Crippen LogP contribution < -0.4 is 10.6 Å². The predicted octanol–water partition coefficient (Wildman–Crippen LogP) is 2.12. The minimum absolute atomic E-state index is 0. The highest BCUT2D eigenvalue weighted by molar-refractivity contribution is 5.94. The molecule has 0 radical (unpaired) electrons. The van der Waals surface area contributed by atoms with Crippen molar-refractivity contribution in [3.05, 3.63) is 35.4 Å². The second-order valence-electron chi connectivity index (χ2n) is 3.60. The van der Waals surface area contributed by atoms with Crippen molar-refractivity contribution in [3.63, 3.8) is 0 Å². The molecule has 1 aromatic rings. The van der Waals surface area contributed by atoms with Gasteiger partial charge in [0.05, 0.1) is 0 Å². The van der Waals surface area contributed by atoms with Crippen LogP contribution in [-0.2, 0) is 0 Å². The lowest BCUT2D eigenvalue weighted by molar-refractivity contribution is 0.0945. The van der Waals surface area contributed by atoms with Crippen LogP contribution in [0.5, 0.6) is 0 Å². The Morgan fingerprint density at radius 1 is 1.17 bits per heavy atom. The number of halogens is 3. The van der Waals surface area contributed by atoms with Crippen molar-refractivity contribution < 1.29 is 13.6 Å². The Bertz CT molecular complexity index is 368. The van der Waals surface area contributed by atoms with Gasteiger partial charge in [-0.05, 0) is 25.1 Å². The van der Waals surface area contributed by atoms with Gasteiger partial charge in [-0.3, -0.25) is 4.79 Å². The summed E-state index contributed by atoms with van der Waals surface area (Å²) in [7, 11) is 0. The quantitative estimate of drug-likeness (QED) is 0.783. The van der Waals surface area contributed by atoms with E-state index in [4.69, 9.17) is 0 Å². The van der Waals surface area contributed by atoms with Crippen LogP contribution >= 0.6 is 12.4 Å². The molecule has 0 aliphatic rings. The molecule has 0 atom stereocenters. The van der Waals surface area contributed by atoms with Crippen LogP contribution in [0.1, 0.15) is 23.7 Å². The molecule has 18 heavy (non-hydrogen) atoms. The van der Waals surface area contributed by atoms with E-state index in [9.17, 15) is 13.6 Å². The van der Waals surface area contributed by atoms with Crippen molar-refractivity contribution in [2.75, 3.05) is 19.6 Å². The highest BCUT2D eigenvalue weighted by atomic mass is 35.5. The zero-order valence-corrected chi connectivity index (χ0v) is 10.9. The average molecular weight is 279 g/mol. The Morgan fingerprint density at radius 2 is 1.78 bits per heavy atom. The molecule has 0 saturated carbocycles. The maximum Gasteiger partial charge on any atom is 0.257 e. The van der Waals surface area contributed by atoms with Gasteiger partial charge in [-0.25, -0.2) is 8.78 Å². The van der Waals surface area contributed by atoms with Crippen LogP contribution in [0, 0.1) is 11.6 Å². The third-order valence-electron chi connectivity index (χ3n) is 2.20. The molecule has 2 N–H and O–H groups in total. The normalized spacial score (nSPS) is 9.72. The number of benzene rings is 1. The largest absolute Gasteiger partial charge is 0.351 e. The molecule has 0 fully saturated rings. The smallest absolute Gasteiger partial charge is 0.257 e. The monoisotopic (exact) mass is 278 g/mol. The van der Waals surface area contributed by atoms with Crippen LogP contribution in [0.4, 0.5) is 8.78 Å². The van der Waals surface area contributed by atoms with Gasteiger partial charge in [-0.15, -0.1) is 12.4 Å². The van der Waals surface area contributed by atoms with Crippen molar-refractivity contribution in [1.82, 2.24) is 10.6 Å². The first-order chi connectivity index (χ1) is 8.16. The highest BCUT2D eigenvalue weighted by Crippen LogP contribution is 2.11. The van der Waals surface area contributed by atoms with E-state index in [2.05, 4.69) is 10.6 Å². The van der Waals surface area contributed by atoms with Crippen molar-refractivity contribution in [1.29, 1.82) is 0 Å². The summed E-state index contributed by atoms with van der Waals surface area (Å²) in [6, 6.07) is 3.35. The van der Waals surface area contributed by atoms with E-state index in [1.54, 1.807) is 0 Å². The summed E-state index contributed by atoms with van der Waals surface area (Å²) in [6.07, 6.45) is 0.996. The van der Waals surface area contributed by atoms with Gasteiger partial charge in [0, 0.05) is 13.1 Å². The maximum atomic E-state index is 13.2. The second kappa shape index (κ2) is 8.83. The van der Waals surface area contributed by atoms with Gasteiger partial charge in [0.2, 0.25) is 0 Å². The summed E-state index contributed by atoms with van der Waals surface area (Å²) < 4.78 is 26.4. The van der Waals surface area contributed by atoms with E-state index in [1.807, 2.05) is 6.92 Å². The summed E-state index contributed by atoms with van der Waals surface area (Å²) in [6.45, 7) is 3.80. The molecule has 0 heterocycles. The molecule has 0 aromatic heterocycles. The average Bonchev–Trinajstić information content (AvgIpc) is 2.28. The molecule has 1 rings (SSSR count). The molecule has 0 saturated heterocycles. The second-order valence-corrected chi connectivity index (χ2v) is 3.60. The molecule has 0 aliphatic carbocycles. The highest BCUT2D eigenvalue weighted by Gasteiger charge is 2.15. The van der Waals surface area contributed by atoms with Crippen LogP contribution in [0.2, 0.25) is 0 Å². The number of hydrogen-bond acceptors (Lipinski definition) is 2. The van der Waals surface area contributed by atoms with E-state index >= 15 is 0 Å². The van der Waals surface area contributed by atoms with Crippen molar-refractivity contribution in [2.45, 2.75) is 13.3 Å². The van der Waals surface area contributed by atoms with Crippen molar-refractivity contribution >= 4 is 18.3 Å². The SMILES string of the molecule is CCCNCCNC(=O)c1c(F)cccc1F.Cl. The molecule has 0 spiro atoms.